The Balaban J connectivity index is 1.84. The fourth-order valence-electron chi connectivity index (χ4n) is 3.40. The largest absolute Gasteiger partial charge is 0.496 e. The summed E-state index contributed by atoms with van der Waals surface area (Å²) in [5, 5.41) is 3.49. The highest BCUT2D eigenvalue weighted by Crippen LogP contribution is 2.28. The van der Waals surface area contributed by atoms with Crippen molar-refractivity contribution in [2.75, 3.05) is 14.2 Å². The SMILES string of the molecule is CNC(CCC1CCCCC1)Cc1ccccc1OC. The molecule has 1 N–H and O–H groups in total. The number of hydrogen-bond donors (Lipinski definition) is 1. The van der Waals surface area contributed by atoms with Gasteiger partial charge in [-0.3, -0.25) is 0 Å². The van der Waals surface area contributed by atoms with Crippen LogP contribution >= 0.6 is 0 Å². The zero-order valence-corrected chi connectivity index (χ0v) is 13.0. The molecule has 0 bridgehead atoms. The average Bonchev–Trinajstić information content (AvgIpc) is 2.52. The first-order chi connectivity index (χ1) is 9.83. The topological polar surface area (TPSA) is 21.3 Å². The molecule has 20 heavy (non-hydrogen) atoms. The van der Waals surface area contributed by atoms with Crippen LogP contribution < -0.4 is 10.1 Å². The number of rotatable bonds is 7. The van der Waals surface area contributed by atoms with Crippen LogP contribution in [-0.4, -0.2) is 20.2 Å². The molecule has 1 aliphatic carbocycles. The number of hydrogen-bond acceptors (Lipinski definition) is 2. The molecule has 2 heteroatoms. The maximum Gasteiger partial charge on any atom is 0.122 e. The summed E-state index contributed by atoms with van der Waals surface area (Å²) in [5.41, 5.74) is 1.32. The monoisotopic (exact) mass is 275 g/mol. The predicted molar refractivity (Wildman–Crippen MR) is 85.4 cm³/mol. The van der Waals surface area contributed by atoms with Gasteiger partial charge < -0.3 is 10.1 Å². The van der Waals surface area contributed by atoms with E-state index in [0.29, 0.717) is 6.04 Å². The minimum Gasteiger partial charge on any atom is -0.496 e. The summed E-state index contributed by atoms with van der Waals surface area (Å²) in [7, 11) is 3.84. The molecule has 1 aromatic carbocycles. The molecule has 1 aromatic rings. The Labute approximate surface area is 123 Å². The third-order valence-electron chi connectivity index (χ3n) is 4.72. The molecule has 1 unspecified atom stereocenters. The Bertz CT molecular complexity index is 385. The smallest absolute Gasteiger partial charge is 0.122 e. The molecule has 0 aliphatic heterocycles. The quantitative estimate of drug-likeness (QED) is 0.806. The lowest BCUT2D eigenvalue weighted by atomic mass is 9.84. The molecule has 1 fully saturated rings. The number of ether oxygens (including phenoxy) is 1. The standard InChI is InChI=1S/C18H29NO/c1-19-17(13-12-15-8-4-3-5-9-15)14-16-10-6-7-11-18(16)20-2/h6-7,10-11,15,17,19H,3-5,8-9,12-14H2,1-2H3. The van der Waals surface area contributed by atoms with Crippen molar-refractivity contribution in [3.63, 3.8) is 0 Å². The van der Waals surface area contributed by atoms with Gasteiger partial charge in [0.1, 0.15) is 5.75 Å². The predicted octanol–water partition coefficient (Wildman–Crippen LogP) is 4.19. The van der Waals surface area contributed by atoms with E-state index in [9.17, 15) is 0 Å². The molecule has 1 aliphatic rings. The fraction of sp³-hybridized carbons (Fsp3) is 0.667. The van der Waals surface area contributed by atoms with Crippen molar-refractivity contribution in [2.24, 2.45) is 5.92 Å². The van der Waals surface area contributed by atoms with Crippen LogP contribution in [0.1, 0.15) is 50.5 Å². The first-order valence-electron chi connectivity index (χ1n) is 8.12. The van der Waals surface area contributed by atoms with Gasteiger partial charge in [0.2, 0.25) is 0 Å². The summed E-state index contributed by atoms with van der Waals surface area (Å²) < 4.78 is 5.46. The van der Waals surface area contributed by atoms with E-state index in [-0.39, 0.29) is 0 Å². The average molecular weight is 275 g/mol. The van der Waals surface area contributed by atoms with E-state index in [1.165, 1.54) is 50.5 Å². The van der Waals surface area contributed by atoms with E-state index >= 15 is 0 Å². The van der Waals surface area contributed by atoms with Crippen LogP contribution in [0.15, 0.2) is 24.3 Å². The summed E-state index contributed by atoms with van der Waals surface area (Å²) in [4.78, 5) is 0. The number of likely N-dealkylation sites (N-methyl/N-ethyl adjacent to an activating group) is 1. The third-order valence-corrected chi connectivity index (χ3v) is 4.72. The summed E-state index contributed by atoms with van der Waals surface area (Å²) in [6, 6.07) is 8.95. The first kappa shape index (κ1) is 15.4. The highest BCUT2D eigenvalue weighted by Gasteiger charge is 2.16. The van der Waals surface area contributed by atoms with Gasteiger partial charge in [-0.15, -0.1) is 0 Å². The summed E-state index contributed by atoms with van der Waals surface area (Å²) in [6.07, 6.45) is 11.0. The molecule has 0 saturated heterocycles. The van der Waals surface area contributed by atoms with E-state index < -0.39 is 0 Å². The molecule has 0 aromatic heterocycles. The van der Waals surface area contributed by atoms with E-state index in [4.69, 9.17) is 4.74 Å². The molecule has 112 valence electrons. The molecule has 2 nitrogen and oxygen atoms in total. The van der Waals surface area contributed by atoms with Gasteiger partial charge in [0, 0.05) is 6.04 Å². The van der Waals surface area contributed by atoms with Crippen molar-refractivity contribution in [2.45, 2.75) is 57.4 Å². The molecule has 2 rings (SSSR count). The lowest BCUT2D eigenvalue weighted by Crippen LogP contribution is -2.28. The Morgan fingerprint density at radius 3 is 2.65 bits per heavy atom. The first-order valence-corrected chi connectivity index (χ1v) is 8.12. The molecule has 0 amide bonds. The Kier molecular flexibility index (Phi) is 6.38. The Hall–Kier alpha value is -1.02. The summed E-state index contributed by atoms with van der Waals surface area (Å²) in [5.74, 6) is 1.99. The molecule has 1 saturated carbocycles. The minimum absolute atomic E-state index is 0.563. The lowest BCUT2D eigenvalue weighted by Gasteiger charge is -2.24. The highest BCUT2D eigenvalue weighted by atomic mass is 16.5. The van der Waals surface area contributed by atoms with Crippen molar-refractivity contribution < 1.29 is 4.74 Å². The molecule has 0 radical (unpaired) electrons. The summed E-state index contributed by atoms with van der Waals surface area (Å²) >= 11 is 0. The minimum atomic E-state index is 0.563. The van der Waals surface area contributed by atoms with Crippen molar-refractivity contribution in [1.29, 1.82) is 0 Å². The fourth-order valence-corrected chi connectivity index (χ4v) is 3.40. The maximum atomic E-state index is 5.46. The number of benzene rings is 1. The van der Waals surface area contributed by atoms with Gasteiger partial charge in [0.25, 0.3) is 0 Å². The van der Waals surface area contributed by atoms with E-state index in [2.05, 4.69) is 30.6 Å². The lowest BCUT2D eigenvalue weighted by molar-refractivity contribution is 0.315. The Morgan fingerprint density at radius 1 is 1.20 bits per heavy atom. The third kappa shape index (κ3) is 4.52. The van der Waals surface area contributed by atoms with Crippen LogP contribution in [0.3, 0.4) is 0 Å². The van der Waals surface area contributed by atoms with Gasteiger partial charge in [-0.05, 0) is 43.9 Å². The zero-order valence-electron chi connectivity index (χ0n) is 13.0. The second kappa shape index (κ2) is 8.31. The Morgan fingerprint density at radius 2 is 1.95 bits per heavy atom. The summed E-state index contributed by atoms with van der Waals surface area (Å²) in [6.45, 7) is 0. The normalized spacial score (nSPS) is 17.9. The van der Waals surface area contributed by atoms with Gasteiger partial charge in [-0.2, -0.15) is 0 Å². The van der Waals surface area contributed by atoms with E-state index in [0.717, 1.165) is 18.1 Å². The number of para-hydroxylation sites is 1. The van der Waals surface area contributed by atoms with Crippen molar-refractivity contribution >= 4 is 0 Å². The van der Waals surface area contributed by atoms with Gasteiger partial charge in [0.05, 0.1) is 7.11 Å². The van der Waals surface area contributed by atoms with E-state index in [1.807, 2.05) is 6.07 Å². The zero-order chi connectivity index (χ0) is 14.2. The van der Waals surface area contributed by atoms with Crippen LogP contribution in [-0.2, 0) is 6.42 Å². The van der Waals surface area contributed by atoms with Gasteiger partial charge in [-0.25, -0.2) is 0 Å². The van der Waals surface area contributed by atoms with Crippen LogP contribution in [0, 0.1) is 5.92 Å². The molecule has 1 atom stereocenters. The molecular weight excluding hydrogens is 246 g/mol. The van der Waals surface area contributed by atoms with Crippen LogP contribution in [0.5, 0.6) is 5.75 Å². The number of nitrogens with one attached hydrogen (secondary N) is 1. The van der Waals surface area contributed by atoms with E-state index in [1.54, 1.807) is 7.11 Å². The van der Waals surface area contributed by atoms with Gasteiger partial charge >= 0.3 is 0 Å². The van der Waals surface area contributed by atoms with Crippen molar-refractivity contribution in [3.8, 4) is 5.75 Å². The van der Waals surface area contributed by atoms with Crippen LogP contribution in [0.25, 0.3) is 0 Å². The second-order valence-electron chi connectivity index (χ2n) is 6.08. The molecule has 0 spiro atoms. The maximum absolute atomic E-state index is 5.46. The van der Waals surface area contributed by atoms with Crippen molar-refractivity contribution in [3.05, 3.63) is 29.8 Å². The van der Waals surface area contributed by atoms with Gasteiger partial charge in [-0.1, -0.05) is 50.3 Å². The van der Waals surface area contributed by atoms with Crippen molar-refractivity contribution in [1.82, 2.24) is 5.32 Å². The molecular formula is C18H29NO. The molecule has 0 heterocycles. The second-order valence-corrected chi connectivity index (χ2v) is 6.08. The number of methoxy groups -OCH3 is 1. The highest BCUT2D eigenvalue weighted by molar-refractivity contribution is 5.33. The van der Waals surface area contributed by atoms with Crippen LogP contribution in [0.2, 0.25) is 0 Å². The van der Waals surface area contributed by atoms with Gasteiger partial charge in [0.15, 0.2) is 0 Å². The van der Waals surface area contributed by atoms with Crippen LogP contribution in [0.4, 0.5) is 0 Å².